The third-order valence-electron chi connectivity index (χ3n) is 3.68. The first kappa shape index (κ1) is 14.2. The quantitative estimate of drug-likeness (QED) is 0.442. The summed E-state index contributed by atoms with van der Waals surface area (Å²) in [5.41, 5.74) is 0. The Hall–Kier alpha value is -1.25. The van der Waals surface area contributed by atoms with Crippen LogP contribution in [0.5, 0.6) is 0 Å². The molecule has 0 aromatic heterocycles. The third kappa shape index (κ3) is 3.85. The second-order valence-electron chi connectivity index (χ2n) is 4.91. The number of terminal acetylenes is 1. The molecule has 1 N–H and O–H groups in total. The summed E-state index contributed by atoms with van der Waals surface area (Å²) < 4.78 is 5.41. The van der Waals surface area contributed by atoms with Crippen molar-refractivity contribution in [2.24, 2.45) is 4.99 Å². The topological polar surface area (TPSA) is 40.1 Å². The summed E-state index contributed by atoms with van der Waals surface area (Å²) in [5.74, 6) is 3.53. The van der Waals surface area contributed by atoms with Crippen LogP contribution in [0.1, 0.15) is 13.3 Å². The summed E-state index contributed by atoms with van der Waals surface area (Å²) in [6, 6.07) is 0.624. The lowest BCUT2D eigenvalue weighted by Gasteiger charge is -2.32. The summed E-state index contributed by atoms with van der Waals surface area (Å²) in [5, 5.41) is 3.32. The van der Waals surface area contributed by atoms with Gasteiger partial charge in [0.2, 0.25) is 0 Å². The zero-order chi connectivity index (χ0) is 13.5. The average Bonchev–Trinajstić information content (AvgIpc) is 2.94. The van der Waals surface area contributed by atoms with E-state index in [0.29, 0.717) is 12.6 Å². The van der Waals surface area contributed by atoms with Gasteiger partial charge in [0.25, 0.3) is 0 Å². The fourth-order valence-corrected chi connectivity index (χ4v) is 2.72. The molecule has 0 spiro atoms. The molecular formula is C14H24N4O. The molecule has 0 aromatic carbocycles. The number of nitrogens with one attached hydrogen (secondary N) is 1. The van der Waals surface area contributed by atoms with E-state index in [9.17, 15) is 0 Å². The molecule has 0 amide bonds. The fourth-order valence-electron chi connectivity index (χ4n) is 2.72. The Morgan fingerprint density at radius 2 is 2.21 bits per heavy atom. The molecule has 0 saturated carbocycles. The number of ether oxygens (including phenoxy) is 1. The van der Waals surface area contributed by atoms with Gasteiger partial charge in [-0.2, -0.15) is 0 Å². The first-order valence-electron chi connectivity index (χ1n) is 7.13. The Bertz CT molecular complexity index is 344. The van der Waals surface area contributed by atoms with Crippen molar-refractivity contribution in [3.63, 3.8) is 0 Å². The number of nitrogens with zero attached hydrogens (tertiary/aromatic N) is 3. The van der Waals surface area contributed by atoms with Crippen LogP contribution in [0.15, 0.2) is 4.99 Å². The Labute approximate surface area is 116 Å². The predicted molar refractivity (Wildman–Crippen MR) is 77.2 cm³/mol. The van der Waals surface area contributed by atoms with Crippen molar-refractivity contribution in [3.8, 4) is 12.3 Å². The van der Waals surface area contributed by atoms with Gasteiger partial charge in [0, 0.05) is 38.8 Å². The van der Waals surface area contributed by atoms with E-state index in [-0.39, 0.29) is 0 Å². The van der Waals surface area contributed by atoms with Crippen molar-refractivity contribution < 1.29 is 4.74 Å². The standard InChI is InChI=1S/C14H24N4O/c1-3-6-16-14(15-4-2)18-7-5-13(12-18)17-8-10-19-11-9-17/h1,13H,4-12H2,2H3,(H,15,16). The number of likely N-dealkylation sites (tertiary alicyclic amines) is 1. The second kappa shape index (κ2) is 7.37. The Morgan fingerprint density at radius 1 is 1.42 bits per heavy atom. The van der Waals surface area contributed by atoms with Crippen LogP contribution >= 0.6 is 0 Å². The number of guanidine groups is 1. The van der Waals surface area contributed by atoms with Gasteiger partial charge in [-0.3, -0.25) is 4.90 Å². The molecule has 5 heteroatoms. The van der Waals surface area contributed by atoms with E-state index >= 15 is 0 Å². The number of rotatable bonds is 3. The number of morpholine rings is 1. The van der Waals surface area contributed by atoms with Crippen LogP contribution in [-0.2, 0) is 4.74 Å². The molecule has 0 bridgehead atoms. The SMILES string of the molecule is C#CCN=C(NCC)N1CCC(N2CCOCC2)C1. The minimum atomic E-state index is 0.445. The van der Waals surface area contributed by atoms with Gasteiger partial charge in [0.05, 0.1) is 13.2 Å². The molecule has 2 saturated heterocycles. The summed E-state index contributed by atoms with van der Waals surface area (Å²) in [4.78, 5) is 9.30. The molecule has 2 fully saturated rings. The molecule has 19 heavy (non-hydrogen) atoms. The Morgan fingerprint density at radius 3 is 2.89 bits per heavy atom. The van der Waals surface area contributed by atoms with Gasteiger partial charge in [-0.25, -0.2) is 4.99 Å². The van der Waals surface area contributed by atoms with E-state index < -0.39 is 0 Å². The van der Waals surface area contributed by atoms with E-state index in [0.717, 1.165) is 51.9 Å². The van der Waals surface area contributed by atoms with E-state index in [1.165, 1.54) is 6.42 Å². The van der Waals surface area contributed by atoms with Gasteiger partial charge in [-0.15, -0.1) is 6.42 Å². The highest BCUT2D eigenvalue weighted by Gasteiger charge is 2.30. The molecule has 106 valence electrons. The highest BCUT2D eigenvalue weighted by molar-refractivity contribution is 5.80. The molecule has 2 aliphatic heterocycles. The summed E-state index contributed by atoms with van der Waals surface area (Å²) in [7, 11) is 0. The van der Waals surface area contributed by atoms with Gasteiger partial charge in [0.1, 0.15) is 6.54 Å². The van der Waals surface area contributed by atoms with E-state index in [4.69, 9.17) is 11.2 Å². The zero-order valence-electron chi connectivity index (χ0n) is 11.8. The Kier molecular flexibility index (Phi) is 5.49. The second-order valence-corrected chi connectivity index (χ2v) is 4.91. The largest absolute Gasteiger partial charge is 0.379 e. The highest BCUT2D eigenvalue weighted by atomic mass is 16.5. The molecule has 2 aliphatic rings. The Balaban J connectivity index is 1.90. The molecule has 1 unspecified atom stereocenters. The van der Waals surface area contributed by atoms with Crippen molar-refractivity contribution in [2.75, 3.05) is 52.5 Å². The first-order valence-corrected chi connectivity index (χ1v) is 7.13. The lowest BCUT2D eigenvalue weighted by Crippen LogP contribution is -2.46. The fraction of sp³-hybridized carbons (Fsp3) is 0.786. The van der Waals surface area contributed by atoms with Crippen LogP contribution in [0.3, 0.4) is 0 Å². The van der Waals surface area contributed by atoms with Gasteiger partial charge in [-0.05, 0) is 13.3 Å². The molecule has 2 heterocycles. The number of hydrogen-bond acceptors (Lipinski definition) is 3. The van der Waals surface area contributed by atoms with Gasteiger partial charge in [0.15, 0.2) is 5.96 Å². The number of hydrogen-bond donors (Lipinski definition) is 1. The van der Waals surface area contributed by atoms with Crippen LogP contribution in [0.25, 0.3) is 0 Å². The first-order chi connectivity index (χ1) is 9.35. The normalized spacial score (nSPS) is 25.4. The highest BCUT2D eigenvalue weighted by Crippen LogP contribution is 2.16. The van der Waals surface area contributed by atoms with Gasteiger partial charge >= 0.3 is 0 Å². The van der Waals surface area contributed by atoms with Gasteiger partial charge in [-0.1, -0.05) is 5.92 Å². The maximum atomic E-state index is 5.41. The zero-order valence-corrected chi connectivity index (χ0v) is 11.8. The number of aliphatic imine (C=N–C) groups is 1. The smallest absolute Gasteiger partial charge is 0.194 e. The van der Waals surface area contributed by atoms with Crippen LogP contribution in [0, 0.1) is 12.3 Å². The molecule has 0 aliphatic carbocycles. The molecule has 2 rings (SSSR count). The van der Waals surface area contributed by atoms with E-state index in [2.05, 4.69) is 33.0 Å². The molecule has 1 atom stereocenters. The lowest BCUT2D eigenvalue weighted by atomic mass is 10.2. The van der Waals surface area contributed by atoms with Crippen LogP contribution < -0.4 is 5.32 Å². The third-order valence-corrected chi connectivity index (χ3v) is 3.68. The lowest BCUT2D eigenvalue weighted by molar-refractivity contribution is 0.0195. The monoisotopic (exact) mass is 264 g/mol. The van der Waals surface area contributed by atoms with Crippen molar-refractivity contribution in [2.45, 2.75) is 19.4 Å². The molecular weight excluding hydrogens is 240 g/mol. The van der Waals surface area contributed by atoms with E-state index in [1.54, 1.807) is 0 Å². The maximum Gasteiger partial charge on any atom is 0.194 e. The summed E-state index contributed by atoms with van der Waals surface area (Å²) >= 11 is 0. The molecule has 5 nitrogen and oxygen atoms in total. The summed E-state index contributed by atoms with van der Waals surface area (Å²) in [6.45, 7) is 9.33. The van der Waals surface area contributed by atoms with Gasteiger partial charge < -0.3 is 15.0 Å². The van der Waals surface area contributed by atoms with Crippen LogP contribution in [-0.4, -0.2) is 74.3 Å². The molecule has 0 radical (unpaired) electrons. The van der Waals surface area contributed by atoms with Crippen molar-refractivity contribution in [1.82, 2.24) is 15.1 Å². The average molecular weight is 264 g/mol. The summed E-state index contributed by atoms with van der Waals surface area (Å²) in [6.07, 6.45) is 6.49. The van der Waals surface area contributed by atoms with E-state index in [1.807, 2.05) is 0 Å². The predicted octanol–water partition coefficient (Wildman–Crippen LogP) is -0.00840. The van der Waals surface area contributed by atoms with Crippen molar-refractivity contribution in [3.05, 3.63) is 0 Å². The minimum absolute atomic E-state index is 0.445. The van der Waals surface area contributed by atoms with Crippen molar-refractivity contribution >= 4 is 5.96 Å². The van der Waals surface area contributed by atoms with Crippen LogP contribution in [0.2, 0.25) is 0 Å². The van der Waals surface area contributed by atoms with Crippen molar-refractivity contribution in [1.29, 1.82) is 0 Å². The minimum Gasteiger partial charge on any atom is -0.379 e. The molecule has 0 aromatic rings. The van der Waals surface area contributed by atoms with Crippen LogP contribution in [0.4, 0.5) is 0 Å². The maximum absolute atomic E-state index is 5.41.